The Kier molecular flexibility index (Phi) is 6.57. The predicted octanol–water partition coefficient (Wildman–Crippen LogP) is 1.58. The lowest BCUT2D eigenvalue weighted by molar-refractivity contribution is 0.147. The summed E-state index contributed by atoms with van der Waals surface area (Å²) in [6, 6.07) is 0.563. The maximum Gasteiger partial charge on any atom is 0.315 e. The van der Waals surface area contributed by atoms with Crippen molar-refractivity contribution in [1.82, 2.24) is 15.5 Å². The first-order valence-electron chi connectivity index (χ1n) is 6.16. The van der Waals surface area contributed by atoms with Crippen LogP contribution >= 0.6 is 0 Å². The third-order valence-electron chi connectivity index (χ3n) is 2.27. The van der Waals surface area contributed by atoms with Crippen LogP contribution in [0.4, 0.5) is 6.01 Å². The summed E-state index contributed by atoms with van der Waals surface area (Å²) in [5.74, 6) is 0.610. The zero-order valence-corrected chi connectivity index (χ0v) is 10.8. The van der Waals surface area contributed by atoms with Gasteiger partial charge in [0.15, 0.2) is 0 Å². The highest BCUT2D eigenvalue weighted by Gasteiger charge is 2.11. The molecule has 0 saturated carbocycles. The Morgan fingerprint density at radius 2 is 2.18 bits per heavy atom. The predicted molar refractivity (Wildman–Crippen MR) is 66.0 cm³/mol. The van der Waals surface area contributed by atoms with E-state index < -0.39 is 0 Å². The molecule has 2 N–H and O–H groups in total. The molecule has 0 saturated heterocycles. The molecule has 0 amide bonds. The molecule has 0 spiro atoms. The zero-order chi connectivity index (χ0) is 12.5. The molecule has 1 heterocycles. The van der Waals surface area contributed by atoms with Crippen molar-refractivity contribution in [2.24, 2.45) is 0 Å². The van der Waals surface area contributed by atoms with Crippen molar-refractivity contribution >= 4 is 6.01 Å². The summed E-state index contributed by atoms with van der Waals surface area (Å²) in [6.07, 6.45) is 0.925. The van der Waals surface area contributed by atoms with Crippen LogP contribution in [-0.2, 0) is 4.74 Å². The highest BCUT2D eigenvalue weighted by atomic mass is 16.5. The topological polar surface area (TPSA) is 72.2 Å². The van der Waals surface area contributed by atoms with Gasteiger partial charge in [0.25, 0.3) is 0 Å². The van der Waals surface area contributed by atoms with E-state index in [2.05, 4.69) is 20.8 Å². The quantitative estimate of drug-likeness (QED) is 0.641. The van der Waals surface area contributed by atoms with Crippen molar-refractivity contribution in [1.29, 1.82) is 0 Å². The minimum absolute atomic E-state index is 0.0893. The summed E-state index contributed by atoms with van der Waals surface area (Å²) >= 11 is 0. The number of aromatic nitrogens is 2. The third-order valence-corrected chi connectivity index (χ3v) is 2.27. The van der Waals surface area contributed by atoms with Gasteiger partial charge in [0.1, 0.15) is 0 Å². The molecule has 6 nitrogen and oxygen atoms in total. The fraction of sp³-hybridized carbons (Fsp3) is 0.818. The summed E-state index contributed by atoms with van der Waals surface area (Å²) in [4.78, 5) is 0. The van der Waals surface area contributed by atoms with Gasteiger partial charge in [0.2, 0.25) is 5.89 Å². The Morgan fingerprint density at radius 1 is 1.35 bits per heavy atom. The normalized spacial score (nSPS) is 12.6. The minimum atomic E-state index is 0.0893. The number of nitrogens with one attached hydrogen (secondary N) is 2. The molecule has 0 aromatic carbocycles. The molecule has 0 aliphatic carbocycles. The van der Waals surface area contributed by atoms with Gasteiger partial charge in [-0.05, 0) is 26.8 Å². The Labute approximate surface area is 102 Å². The molecule has 1 atom stereocenters. The molecule has 0 aliphatic rings. The van der Waals surface area contributed by atoms with Crippen molar-refractivity contribution in [3.63, 3.8) is 0 Å². The number of nitrogens with zero attached hydrogens (tertiary/aromatic N) is 2. The van der Waals surface area contributed by atoms with Gasteiger partial charge >= 0.3 is 6.01 Å². The number of hydrogen-bond acceptors (Lipinski definition) is 6. The van der Waals surface area contributed by atoms with E-state index in [9.17, 15) is 0 Å². The fourth-order valence-electron chi connectivity index (χ4n) is 1.39. The van der Waals surface area contributed by atoms with Gasteiger partial charge in [-0.2, -0.15) is 0 Å². The van der Waals surface area contributed by atoms with Crippen molar-refractivity contribution < 1.29 is 9.15 Å². The third kappa shape index (κ3) is 5.14. The monoisotopic (exact) mass is 242 g/mol. The molecule has 1 unspecified atom stereocenters. The Hall–Kier alpha value is -1.14. The Balaban J connectivity index is 2.25. The molecule has 0 aliphatic heterocycles. The summed E-state index contributed by atoms with van der Waals surface area (Å²) in [6.45, 7) is 9.18. The highest BCUT2D eigenvalue weighted by Crippen LogP contribution is 2.12. The summed E-state index contributed by atoms with van der Waals surface area (Å²) in [5.41, 5.74) is 0. The van der Waals surface area contributed by atoms with Crippen LogP contribution in [0.5, 0.6) is 0 Å². The Bertz CT molecular complexity index is 303. The van der Waals surface area contributed by atoms with Gasteiger partial charge < -0.3 is 19.8 Å². The van der Waals surface area contributed by atoms with Crippen LogP contribution < -0.4 is 10.6 Å². The van der Waals surface area contributed by atoms with Crippen LogP contribution in [0.25, 0.3) is 0 Å². The van der Waals surface area contributed by atoms with E-state index in [-0.39, 0.29) is 6.04 Å². The van der Waals surface area contributed by atoms with E-state index in [1.165, 1.54) is 0 Å². The van der Waals surface area contributed by atoms with Crippen LogP contribution in [0.3, 0.4) is 0 Å². The van der Waals surface area contributed by atoms with Gasteiger partial charge in [0, 0.05) is 19.8 Å². The van der Waals surface area contributed by atoms with E-state index >= 15 is 0 Å². The Morgan fingerprint density at radius 3 is 2.88 bits per heavy atom. The maximum absolute atomic E-state index is 5.47. The van der Waals surface area contributed by atoms with Crippen molar-refractivity contribution in [2.75, 3.05) is 31.6 Å². The highest BCUT2D eigenvalue weighted by molar-refractivity contribution is 5.16. The van der Waals surface area contributed by atoms with E-state index in [0.717, 1.165) is 32.7 Å². The first kappa shape index (κ1) is 13.9. The number of anilines is 1. The molecular weight excluding hydrogens is 220 g/mol. The lowest BCUT2D eigenvalue weighted by Crippen LogP contribution is -2.17. The van der Waals surface area contributed by atoms with Crippen molar-refractivity contribution in [2.45, 2.75) is 33.2 Å². The second-order valence-corrected chi connectivity index (χ2v) is 3.70. The molecule has 0 radical (unpaired) electrons. The van der Waals surface area contributed by atoms with Crippen LogP contribution in [0.1, 0.15) is 39.1 Å². The molecule has 98 valence electrons. The molecule has 17 heavy (non-hydrogen) atoms. The van der Waals surface area contributed by atoms with E-state index in [4.69, 9.17) is 9.15 Å². The van der Waals surface area contributed by atoms with Gasteiger partial charge in [-0.15, -0.1) is 5.10 Å². The lowest BCUT2D eigenvalue weighted by atomic mass is 10.3. The molecule has 1 rings (SSSR count). The number of hydrogen-bond donors (Lipinski definition) is 2. The molecule has 0 bridgehead atoms. The lowest BCUT2D eigenvalue weighted by Gasteiger charge is -2.06. The van der Waals surface area contributed by atoms with Crippen LogP contribution in [0, 0.1) is 0 Å². The van der Waals surface area contributed by atoms with Gasteiger partial charge in [-0.3, -0.25) is 0 Å². The smallest absolute Gasteiger partial charge is 0.315 e. The minimum Gasteiger partial charge on any atom is -0.406 e. The largest absolute Gasteiger partial charge is 0.406 e. The van der Waals surface area contributed by atoms with Gasteiger partial charge in [-0.1, -0.05) is 12.0 Å². The average molecular weight is 242 g/mol. The van der Waals surface area contributed by atoms with Gasteiger partial charge in [0.05, 0.1) is 6.04 Å². The fourth-order valence-corrected chi connectivity index (χ4v) is 1.39. The number of rotatable bonds is 9. The van der Waals surface area contributed by atoms with E-state index in [1.54, 1.807) is 0 Å². The maximum atomic E-state index is 5.47. The first-order valence-corrected chi connectivity index (χ1v) is 6.16. The van der Waals surface area contributed by atoms with Crippen molar-refractivity contribution in [3.8, 4) is 0 Å². The second-order valence-electron chi connectivity index (χ2n) is 3.70. The SMILES string of the molecule is CCNC(C)c1nnc(NCCCOCC)o1. The van der Waals surface area contributed by atoms with Crippen molar-refractivity contribution in [3.05, 3.63) is 5.89 Å². The second kappa shape index (κ2) is 8.03. The molecule has 1 aromatic rings. The molecule has 1 aromatic heterocycles. The van der Waals surface area contributed by atoms with E-state index in [1.807, 2.05) is 20.8 Å². The molecule has 6 heteroatoms. The summed E-state index contributed by atoms with van der Waals surface area (Å²) < 4.78 is 10.7. The zero-order valence-electron chi connectivity index (χ0n) is 10.8. The summed E-state index contributed by atoms with van der Waals surface area (Å²) in [7, 11) is 0. The van der Waals surface area contributed by atoms with Crippen LogP contribution in [0.2, 0.25) is 0 Å². The van der Waals surface area contributed by atoms with Crippen LogP contribution in [-0.4, -0.2) is 36.5 Å². The first-order chi connectivity index (χ1) is 8.27. The summed E-state index contributed by atoms with van der Waals surface area (Å²) in [5, 5.41) is 14.2. The van der Waals surface area contributed by atoms with E-state index in [0.29, 0.717) is 11.9 Å². The molecule has 0 fully saturated rings. The average Bonchev–Trinajstić information content (AvgIpc) is 2.78. The van der Waals surface area contributed by atoms with Crippen LogP contribution in [0.15, 0.2) is 4.42 Å². The number of ether oxygens (including phenoxy) is 1. The van der Waals surface area contributed by atoms with Gasteiger partial charge in [-0.25, -0.2) is 0 Å². The molecular formula is C11H22N4O2. The standard InChI is InChI=1S/C11H22N4O2/c1-4-12-9(3)10-14-15-11(17-10)13-7-6-8-16-5-2/h9,12H,4-8H2,1-3H3,(H,13,15).